The fourth-order valence-corrected chi connectivity index (χ4v) is 4.05. The van der Waals surface area contributed by atoms with Gasteiger partial charge in [-0.2, -0.15) is 4.37 Å². The molecular weight excluding hydrogens is 412 g/mol. The van der Waals surface area contributed by atoms with Gasteiger partial charge >= 0.3 is 0 Å². The van der Waals surface area contributed by atoms with E-state index in [0.717, 1.165) is 16.9 Å². The average Bonchev–Trinajstić information content (AvgIpc) is 3.16. The van der Waals surface area contributed by atoms with Gasteiger partial charge in [-0.05, 0) is 35.3 Å². The van der Waals surface area contributed by atoms with Gasteiger partial charge in [0.15, 0.2) is 28.4 Å². The van der Waals surface area contributed by atoms with E-state index in [-0.39, 0.29) is 5.69 Å². The van der Waals surface area contributed by atoms with Crippen LogP contribution in [0, 0.1) is 0 Å². The first-order chi connectivity index (χ1) is 14.2. The zero-order chi connectivity index (χ0) is 19.8. The summed E-state index contributed by atoms with van der Waals surface area (Å²) in [6.45, 7) is 1.07. The normalized spacial score (nSPS) is 12.7. The molecule has 0 spiro atoms. The molecule has 0 fully saturated rings. The summed E-state index contributed by atoms with van der Waals surface area (Å²) in [4.78, 5) is 20.0. The summed E-state index contributed by atoms with van der Waals surface area (Å²) in [6, 6.07) is 11.5. The Kier molecular flexibility index (Phi) is 4.49. The molecule has 1 aliphatic heterocycles. The van der Waals surface area contributed by atoms with Gasteiger partial charge in [0.05, 0.1) is 16.9 Å². The molecule has 0 bridgehead atoms. The third kappa shape index (κ3) is 3.26. The number of carbonyl (C=O) groups is 1. The van der Waals surface area contributed by atoms with Crippen LogP contribution in [0.1, 0.15) is 10.5 Å². The first-order valence-electron chi connectivity index (χ1n) is 8.76. The number of aldehydes is 1. The molecule has 0 saturated carbocycles. The van der Waals surface area contributed by atoms with E-state index in [4.69, 9.17) is 21.1 Å². The molecular formula is C20H13ClN4O3S. The van der Waals surface area contributed by atoms with Crippen molar-refractivity contribution < 1.29 is 14.3 Å². The number of hydrogen-bond donors (Lipinski definition) is 1. The fourth-order valence-electron chi connectivity index (χ4n) is 3.07. The maximum atomic E-state index is 10.9. The van der Waals surface area contributed by atoms with E-state index in [9.17, 15) is 4.79 Å². The van der Waals surface area contributed by atoms with Gasteiger partial charge < -0.3 is 14.8 Å². The molecule has 2 aromatic carbocycles. The van der Waals surface area contributed by atoms with Crippen LogP contribution in [0.2, 0.25) is 5.02 Å². The first-order valence-corrected chi connectivity index (χ1v) is 9.91. The number of hydrogen-bond acceptors (Lipinski definition) is 8. The van der Waals surface area contributed by atoms with Gasteiger partial charge in [-0.3, -0.25) is 4.79 Å². The highest BCUT2D eigenvalue weighted by atomic mass is 35.5. The largest absolute Gasteiger partial charge is 0.486 e. The highest BCUT2D eigenvalue weighted by Crippen LogP contribution is 2.40. The van der Waals surface area contributed by atoms with Crippen LogP contribution < -0.4 is 14.8 Å². The fraction of sp³-hybridized carbons (Fsp3) is 0.100. The molecule has 1 aliphatic rings. The maximum absolute atomic E-state index is 10.9. The van der Waals surface area contributed by atoms with E-state index < -0.39 is 0 Å². The number of halogens is 1. The van der Waals surface area contributed by atoms with Crippen LogP contribution in [-0.4, -0.2) is 33.8 Å². The highest BCUT2D eigenvalue weighted by Gasteiger charge is 2.16. The molecule has 0 atom stereocenters. The average molecular weight is 425 g/mol. The molecule has 0 amide bonds. The van der Waals surface area contributed by atoms with E-state index in [1.165, 1.54) is 17.7 Å². The number of ether oxygens (including phenoxy) is 2. The summed E-state index contributed by atoms with van der Waals surface area (Å²) >= 11 is 7.87. The molecule has 0 saturated heterocycles. The van der Waals surface area contributed by atoms with E-state index in [1.54, 1.807) is 0 Å². The first kappa shape index (κ1) is 17.8. The molecule has 144 valence electrons. The number of carbonyl (C=O) groups excluding carboxylic acids is 1. The summed E-state index contributed by atoms with van der Waals surface area (Å²) in [5, 5.41) is 3.77. The number of anilines is 2. The third-order valence-corrected chi connectivity index (χ3v) is 5.57. The Labute approximate surface area is 174 Å². The molecule has 29 heavy (non-hydrogen) atoms. The third-order valence-electron chi connectivity index (χ3n) is 4.43. The number of benzene rings is 2. The molecule has 9 heteroatoms. The van der Waals surface area contributed by atoms with Crippen LogP contribution in [0.5, 0.6) is 11.5 Å². The van der Waals surface area contributed by atoms with Gasteiger partial charge in [0.2, 0.25) is 0 Å². The van der Waals surface area contributed by atoms with Crippen LogP contribution in [-0.2, 0) is 0 Å². The van der Waals surface area contributed by atoms with Gasteiger partial charge in [0, 0.05) is 5.56 Å². The van der Waals surface area contributed by atoms with Crippen molar-refractivity contribution in [2.24, 2.45) is 0 Å². The lowest BCUT2D eigenvalue weighted by Crippen LogP contribution is -2.15. The molecule has 3 heterocycles. The second-order valence-corrected chi connectivity index (χ2v) is 7.38. The quantitative estimate of drug-likeness (QED) is 0.474. The maximum Gasteiger partial charge on any atom is 0.172 e. The van der Waals surface area contributed by atoms with E-state index in [1.807, 2.05) is 36.4 Å². The minimum atomic E-state index is 0.270. The highest BCUT2D eigenvalue weighted by molar-refractivity contribution is 7.13. The van der Waals surface area contributed by atoms with Crippen molar-refractivity contribution in [3.8, 4) is 22.6 Å². The second kappa shape index (κ2) is 7.31. The van der Waals surface area contributed by atoms with Crippen molar-refractivity contribution in [2.75, 3.05) is 18.5 Å². The summed E-state index contributed by atoms with van der Waals surface area (Å²) in [7, 11) is 0. The molecule has 0 aliphatic carbocycles. The van der Waals surface area contributed by atoms with Crippen molar-refractivity contribution in [3.05, 3.63) is 53.3 Å². The zero-order valence-electron chi connectivity index (χ0n) is 14.9. The summed E-state index contributed by atoms with van der Waals surface area (Å²) in [5.41, 5.74) is 3.31. The van der Waals surface area contributed by atoms with Crippen LogP contribution in [0.25, 0.3) is 21.5 Å². The Morgan fingerprint density at radius 2 is 2.00 bits per heavy atom. The lowest BCUT2D eigenvalue weighted by Gasteiger charge is -2.19. The predicted octanol–water partition coefficient (Wildman–Crippen LogP) is 4.73. The van der Waals surface area contributed by atoms with Crippen molar-refractivity contribution in [3.63, 3.8) is 0 Å². The van der Waals surface area contributed by atoms with Crippen LogP contribution >= 0.6 is 23.1 Å². The monoisotopic (exact) mass is 424 g/mol. The van der Waals surface area contributed by atoms with Gasteiger partial charge in [-0.15, -0.1) is 0 Å². The van der Waals surface area contributed by atoms with Crippen LogP contribution in [0.4, 0.5) is 11.5 Å². The SMILES string of the molecule is O=Cc1cnc2c(Nc3cccc(-c4ccc5c(c4)OCCO5)c3Cl)nsc2n1. The predicted molar refractivity (Wildman–Crippen MR) is 112 cm³/mol. The van der Waals surface area contributed by atoms with E-state index >= 15 is 0 Å². The van der Waals surface area contributed by atoms with E-state index in [2.05, 4.69) is 19.7 Å². The van der Waals surface area contributed by atoms with Crippen molar-refractivity contribution in [1.29, 1.82) is 0 Å². The van der Waals surface area contributed by atoms with Gasteiger partial charge in [-0.25, -0.2) is 9.97 Å². The van der Waals surface area contributed by atoms with Gasteiger partial charge in [0.25, 0.3) is 0 Å². The minimum Gasteiger partial charge on any atom is -0.486 e. The van der Waals surface area contributed by atoms with Crippen LogP contribution in [0.15, 0.2) is 42.6 Å². The number of fused-ring (bicyclic) bond motifs is 2. The molecule has 4 aromatic rings. The number of nitrogens with one attached hydrogen (secondary N) is 1. The molecule has 7 nitrogen and oxygen atoms in total. The van der Waals surface area contributed by atoms with Crippen LogP contribution in [0.3, 0.4) is 0 Å². The molecule has 0 unspecified atom stereocenters. The standard InChI is InChI=1S/C20H13ClN4O3S/c21-17-13(11-4-5-15-16(8-11)28-7-6-27-15)2-1-3-14(17)24-19-18-20(29-25-19)23-12(10-26)9-22-18/h1-5,8-10H,6-7H2,(H,24,25). The zero-order valence-corrected chi connectivity index (χ0v) is 16.5. The number of nitrogens with zero attached hydrogens (tertiary/aromatic N) is 3. The molecule has 5 rings (SSSR count). The summed E-state index contributed by atoms with van der Waals surface area (Å²) in [5.74, 6) is 1.97. The summed E-state index contributed by atoms with van der Waals surface area (Å²) < 4.78 is 15.6. The van der Waals surface area contributed by atoms with Crippen molar-refractivity contribution >= 4 is 51.3 Å². The lowest BCUT2D eigenvalue weighted by molar-refractivity contribution is 0.111. The van der Waals surface area contributed by atoms with Gasteiger partial charge in [0.1, 0.15) is 24.4 Å². The minimum absolute atomic E-state index is 0.270. The Balaban J connectivity index is 1.51. The number of aromatic nitrogens is 3. The Bertz CT molecular complexity index is 1240. The molecule has 2 aromatic heterocycles. The Morgan fingerprint density at radius 1 is 1.14 bits per heavy atom. The van der Waals surface area contributed by atoms with Crippen molar-refractivity contribution in [2.45, 2.75) is 0 Å². The smallest absolute Gasteiger partial charge is 0.172 e. The Hall–Kier alpha value is -3.23. The lowest BCUT2D eigenvalue weighted by atomic mass is 10.0. The van der Waals surface area contributed by atoms with Crippen molar-refractivity contribution in [1.82, 2.24) is 14.3 Å². The van der Waals surface area contributed by atoms with E-state index in [0.29, 0.717) is 52.1 Å². The Morgan fingerprint density at radius 3 is 2.86 bits per heavy atom. The molecule has 1 N–H and O–H groups in total. The summed E-state index contributed by atoms with van der Waals surface area (Å²) in [6.07, 6.45) is 2.08. The molecule has 0 radical (unpaired) electrons. The second-order valence-electron chi connectivity index (χ2n) is 6.25. The number of rotatable bonds is 4. The topological polar surface area (TPSA) is 86.2 Å². The van der Waals surface area contributed by atoms with Gasteiger partial charge in [-0.1, -0.05) is 29.8 Å².